The molecule has 0 spiro atoms. The Bertz CT molecular complexity index is 456. The van der Waals surface area contributed by atoms with Gasteiger partial charge in [0.25, 0.3) is 0 Å². The monoisotopic (exact) mass is 289 g/mol. The van der Waals surface area contributed by atoms with E-state index in [9.17, 15) is 4.79 Å². The van der Waals surface area contributed by atoms with E-state index in [4.69, 9.17) is 5.73 Å². The molecule has 1 aromatic rings. The summed E-state index contributed by atoms with van der Waals surface area (Å²) in [5.74, 6) is 0.433. The fourth-order valence-corrected chi connectivity index (χ4v) is 3.48. The Morgan fingerprint density at radius 1 is 1.33 bits per heavy atom. The van der Waals surface area contributed by atoms with Crippen LogP contribution in [0.1, 0.15) is 31.2 Å². The van der Waals surface area contributed by atoms with Crippen molar-refractivity contribution in [2.75, 3.05) is 27.2 Å². The summed E-state index contributed by atoms with van der Waals surface area (Å²) in [6, 6.07) is 9.77. The zero-order chi connectivity index (χ0) is 15.3. The molecule has 1 aliphatic rings. The van der Waals surface area contributed by atoms with Gasteiger partial charge in [-0.1, -0.05) is 43.2 Å². The van der Waals surface area contributed by atoms with E-state index >= 15 is 0 Å². The fraction of sp³-hybridized carbons (Fsp3) is 0.588. The van der Waals surface area contributed by atoms with Gasteiger partial charge in [0.05, 0.1) is 0 Å². The van der Waals surface area contributed by atoms with Gasteiger partial charge in [0.1, 0.15) is 5.54 Å². The Kier molecular flexibility index (Phi) is 5.37. The van der Waals surface area contributed by atoms with E-state index in [2.05, 4.69) is 17.3 Å². The van der Waals surface area contributed by atoms with Crippen LogP contribution in [-0.2, 0) is 10.3 Å². The van der Waals surface area contributed by atoms with Gasteiger partial charge in [-0.15, -0.1) is 0 Å². The second-order valence-electron chi connectivity index (χ2n) is 6.23. The number of hydrogen-bond acceptors (Lipinski definition) is 3. The molecule has 2 rings (SSSR count). The maximum absolute atomic E-state index is 12.2. The third-order valence-corrected chi connectivity index (χ3v) is 4.67. The quantitative estimate of drug-likeness (QED) is 0.803. The first-order valence-corrected chi connectivity index (χ1v) is 7.81. The van der Waals surface area contributed by atoms with Crippen LogP contribution in [0.5, 0.6) is 0 Å². The molecule has 1 amide bonds. The minimum atomic E-state index is -0.825. The lowest BCUT2D eigenvalue weighted by Crippen LogP contribution is -2.57. The van der Waals surface area contributed by atoms with Gasteiger partial charge < -0.3 is 16.0 Å². The number of amides is 1. The number of nitrogens with two attached hydrogens (primary N) is 1. The van der Waals surface area contributed by atoms with E-state index in [1.807, 2.05) is 30.3 Å². The molecule has 4 heteroatoms. The highest BCUT2D eigenvalue weighted by molar-refractivity contribution is 5.86. The molecule has 1 aromatic carbocycles. The number of likely N-dealkylation sites (N-methyl/N-ethyl adjacent to an activating group) is 2. The number of carbonyl (C=O) groups is 1. The van der Waals surface area contributed by atoms with Crippen LogP contribution >= 0.6 is 0 Å². The Balaban J connectivity index is 2.14. The van der Waals surface area contributed by atoms with Gasteiger partial charge >= 0.3 is 0 Å². The van der Waals surface area contributed by atoms with Gasteiger partial charge in [0.2, 0.25) is 5.91 Å². The normalized spacial score (nSPS) is 18.8. The van der Waals surface area contributed by atoms with Crippen LogP contribution in [0.25, 0.3) is 0 Å². The summed E-state index contributed by atoms with van der Waals surface area (Å²) in [7, 11) is 3.89. The van der Waals surface area contributed by atoms with Gasteiger partial charge in [-0.05, 0) is 38.4 Å². The van der Waals surface area contributed by atoms with E-state index in [-0.39, 0.29) is 5.91 Å². The molecule has 4 nitrogen and oxygen atoms in total. The van der Waals surface area contributed by atoms with Crippen molar-refractivity contribution in [1.29, 1.82) is 0 Å². The maximum Gasteiger partial charge on any atom is 0.243 e. The number of primary amides is 1. The molecule has 1 fully saturated rings. The lowest BCUT2D eigenvalue weighted by Gasteiger charge is -2.35. The molecule has 0 bridgehead atoms. The third-order valence-electron chi connectivity index (χ3n) is 4.67. The van der Waals surface area contributed by atoms with Crippen LogP contribution in [0.3, 0.4) is 0 Å². The average molecular weight is 289 g/mol. The number of rotatable bonds is 7. The molecule has 0 aliphatic heterocycles. The van der Waals surface area contributed by atoms with Gasteiger partial charge in [0, 0.05) is 13.1 Å². The summed E-state index contributed by atoms with van der Waals surface area (Å²) in [6.07, 6.45) is 5.28. The first-order valence-electron chi connectivity index (χ1n) is 7.81. The van der Waals surface area contributed by atoms with Crippen molar-refractivity contribution in [3.05, 3.63) is 35.9 Å². The van der Waals surface area contributed by atoms with Crippen molar-refractivity contribution >= 4 is 5.91 Å². The molecule has 0 radical (unpaired) electrons. The van der Waals surface area contributed by atoms with Crippen molar-refractivity contribution in [2.45, 2.75) is 31.2 Å². The summed E-state index contributed by atoms with van der Waals surface area (Å²) < 4.78 is 0. The molecular formula is C17H27N3O. The van der Waals surface area contributed by atoms with E-state index < -0.39 is 5.54 Å². The molecule has 3 N–H and O–H groups in total. The molecule has 1 saturated carbocycles. The Morgan fingerprint density at radius 3 is 2.48 bits per heavy atom. The van der Waals surface area contributed by atoms with Crippen molar-refractivity contribution in [2.24, 2.45) is 11.7 Å². The Morgan fingerprint density at radius 2 is 1.95 bits per heavy atom. The Labute approximate surface area is 127 Å². The van der Waals surface area contributed by atoms with Crippen molar-refractivity contribution < 1.29 is 4.79 Å². The largest absolute Gasteiger partial charge is 0.368 e. The van der Waals surface area contributed by atoms with Gasteiger partial charge in [-0.25, -0.2) is 0 Å². The van der Waals surface area contributed by atoms with E-state index in [0.717, 1.165) is 18.0 Å². The highest BCUT2D eigenvalue weighted by Crippen LogP contribution is 2.27. The predicted octanol–water partition coefficient (Wildman–Crippen LogP) is 1.71. The number of hydrogen-bond donors (Lipinski definition) is 2. The van der Waals surface area contributed by atoms with Crippen LogP contribution in [0.2, 0.25) is 0 Å². The number of benzene rings is 1. The minimum Gasteiger partial charge on any atom is -0.368 e. The van der Waals surface area contributed by atoms with Crippen molar-refractivity contribution in [3.63, 3.8) is 0 Å². The lowest BCUT2D eigenvalue weighted by atomic mass is 9.88. The van der Waals surface area contributed by atoms with Gasteiger partial charge in [-0.3, -0.25) is 4.79 Å². The average Bonchev–Trinajstić information content (AvgIpc) is 2.98. The fourth-order valence-electron chi connectivity index (χ4n) is 3.48. The molecule has 0 aromatic heterocycles. The highest BCUT2D eigenvalue weighted by atomic mass is 16.1. The van der Waals surface area contributed by atoms with E-state index in [1.165, 1.54) is 25.7 Å². The molecule has 116 valence electrons. The van der Waals surface area contributed by atoms with E-state index in [0.29, 0.717) is 6.54 Å². The zero-order valence-corrected chi connectivity index (χ0v) is 13.1. The van der Waals surface area contributed by atoms with Crippen LogP contribution in [0, 0.1) is 5.92 Å². The van der Waals surface area contributed by atoms with Crippen molar-refractivity contribution in [1.82, 2.24) is 10.2 Å². The van der Waals surface area contributed by atoms with Crippen LogP contribution in [0.15, 0.2) is 30.3 Å². The first kappa shape index (κ1) is 16.0. The van der Waals surface area contributed by atoms with Crippen LogP contribution in [-0.4, -0.2) is 38.0 Å². The lowest BCUT2D eigenvalue weighted by molar-refractivity contribution is -0.125. The SMILES string of the molecule is CNC(CN(C)CC1CCCC1)(C(N)=O)c1ccccc1. The molecule has 21 heavy (non-hydrogen) atoms. The number of carbonyl (C=O) groups excluding carboxylic acids is 1. The smallest absolute Gasteiger partial charge is 0.243 e. The van der Waals surface area contributed by atoms with Gasteiger partial charge in [-0.2, -0.15) is 0 Å². The third kappa shape index (κ3) is 3.63. The molecule has 0 heterocycles. The molecule has 1 atom stereocenters. The minimum absolute atomic E-state index is 0.325. The second kappa shape index (κ2) is 7.05. The van der Waals surface area contributed by atoms with Gasteiger partial charge in [0.15, 0.2) is 0 Å². The summed E-state index contributed by atoms with van der Waals surface area (Å²) in [6.45, 7) is 1.63. The summed E-state index contributed by atoms with van der Waals surface area (Å²) >= 11 is 0. The zero-order valence-electron chi connectivity index (χ0n) is 13.1. The predicted molar refractivity (Wildman–Crippen MR) is 85.8 cm³/mol. The van der Waals surface area contributed by atoms with E-state index in [1.54, 1.807) is 7.05 Å². The number of nitrogens with one attached hydrogen (secondary N) is 1. The second-order valence-corrected chi connectivity index (χ2v) is 6.23. The summed E-state index contributed by atoms with van der Waals surface area (Å²) in [4.78, 5) is 14.4. The summed E-state index contributed by atoms with van der Waals surface area (Å²) in [5, 5.41) is 3.17. The molecule has 0 saturated heterocycles. The highest BCUT2D eigenvalue weighted by Gasteiger charge is 2.38. The van der Waals surface area contributed by atoms with Crippen LogP contribution < -0.4 is 11.1 Å². The van der Waals surface area contributed by atoms with Crippen LogP contribution in [0.4, 0.5) is 0 Å². The molecule has 1 aliphatic carbocycles. The summed E-state index contributed by atoms with van der Waals surface area (Å²) in [5.41, 5.74) is 5.85. The maximum atomic E-state index is 12.2. The molecular weight excluding hydrogens is 262 g/mol. The van der Waals surface area contributed by atoms with Crippen molar-refractivity contribution in [3.8, 4) is 0 Å². The first-order chi connectivity index (χ1) is 10.1. The standard InChI is InChI=1S/C17H27N3O/c1-19-17(16(18)21,15-10-4-3-5-11-15)13-20(2)12-14-8-6-7-9-14/h3-5,10-11,14,19H,6-9,12-13H2,1-2H3,(H2,18,21). The Hall–Kier alpha value is -1.39. The topological polar surface area (TPSA) is 58.4 Å². The number of nitrogens with zero attached hydrogens (tertiary/aromatic N) is 1. The molecule has 1 unspecified atom stereocenters.